The third kappa shape index (κ3) is 2.60. The summed E-state index contributed by atoms with van der Waals surface area (Å²) in [7, 11) is 0. The summed E-state index contributed by atoms with van der Waals surface area (Å²) < 4.78 is 1.88. The molecule has 2 aromatic heterocycles. The van der Waals surface area contributed by atoms with Crippen LogP contribution in [0, 0.1) is 6.92 Å². The van der Waals surface area contributed by atoms with E-state index in [1.54, 1.807) is 6.20 Å². The van der Waals surface area contributed by atoms with Crippen molar-refractivity contribution >= 4 is 17.1 Å². The Kier molecular flexibility index (Phi) is 4.14. The molecule has 1 unspecified atom stereocenters. The second kappa shape index (κ2) is 6.07. The summed E-state index contributed by atoms with van der Waals surface area (Å²) in [6.45, 7) is 3.89. The summed E-state index contributed by atoms with van der Waals surface area (Å²) in [5.74, 6) is 0.472. The number of aliphatic carboxylic acids is 1. The van der Waals surface area contributed by atoms with E-state index in [1.165, 1.54) is 19.3 Å². The second-order valence-corrected chi connectivity index (χ2v) is 6.29. The third-order valence-electron chi connectivity index (χ3n) is 4.65. The number of aryl methyl sites for hydroxylation is 1. The molecule has 2 aromatic rings. The lowest BCUT2D eigenvalue weighted by Crippen LogP contribution is -2.23. The monoisotopic (exact) mass is 301 g/mol. The molecule has 1 aliphatic rings. The normalized spacial score (nSPS) is 17.7. The number of hydrogen-bond donors (Lipinski definition) is 1. The highest BCUT2D eigenvalue weighted by molar-refractivity contribution is 5.78. The van der Waals surface area contributed by atoms with Crippen LogP contribution in [0.4, 0.5) is 0 Å². The number of carbonyl (C=O) groups is 1. The highest BCUT2D eigenvalue weighted by atomic mass is 16.4. The molecule has 5 nitrogen and oxygen atoms in total. The maximum atomic E-state index is 11.7. The Morgan fingerprint density at radius 1 is 1.41 bits per heavy atom. The predicted molar refractivity (Wildman–Crippen MR) is 85.1 cm³/mol. The van der Waals surface area contributed by atoms with Crippen LogP contribution in [0.1, 0.15) is 68.8 Å². The summed E-state index contributed by atoms with van der Waals surface area (Å²) in [6.07, 6.45) is 8.19. The zero-order chi connectivity index (χ0) is 15.7. The van der Waals surface area contributed by atoms with Crippen LogP contribution in [0.5, 0.6) is 0 Å². The molecule has 0 aliphatic heterocycles. The number of rotatable bonds is 4. The van der Waals surface area contributed by atoms with Gasteiger partial charge in [-0.25, -0.2) is 14.8 Å². The third-order valence-corrected chi connectivity index (χ3v) is 4.65. The number of carboxylic acids is 1. The molecule has 3 rings (SSSR count). The standard InChI is InChI=1S/C17H23N3O2/c1-3-14(17(21)22)20-15(12-7-5-4-6-8-12)19-13-9-11(2)10-18-16(13)20/h9-10,12,14H,3-8H2,1-2H3,(H,21,22). The van der Waals surface area contributed by atoms with E-state index in [9.17, 15) is 9.90 Å². The fraction of sp³-hybridized carbons (Fsp3) is 0.588. The number of nitrogens with zero attached hydrogens (tertiary/aromatic N) is 3. The quantitative estimate of drug-likeness (QED) is 0.932. The first-order chi connectivity index (χ1) is 10.6. The second-order valence-electron chi connectivity index (χ2n) is 6.29. The maximum Gasteiger partial charge on any atom is 0.326 e. The van der Waals surface area contributed by atoms with Crippen LogP contribution in [0.25, 0.3) is 11.2 Å². The van der Waals surface area contributed by atoms with Gasteiger partial charge in [0.05, 0.1) is 0 Å². The van der Waals surface area contributed by atoms with Crippen molar-refractivity contribution in [2.75, 3.05) is 0 Å². The molecule has 2 heterocycles. The lowest BCUT2D eigenvalue weighted by molar-refractivity contribution is -0.141. The SMILES string of the molecule is CCC(C(=O)O)n1c(C2CCCCC2)nc2cc(C)cnc21. The molecule has 118 valence electrons. The number of pyridine rings is 1. The van der Waals surface area contributed by atoms with E-state index in [0.29, 0.717) is 18.0 Å². The number of fused-ring (bicyclic) bond motifs is 1. The molecule has 0 spiro atoms. The largest absolute Gasteiger partial charge is 0.480 e. The number of hydrogen-bond acceptors (Lipinski definition) is 3. The lowest BCUT2D eigenvalue weighted by Gasteiger charge is -2.24. The smallest absolute Gasteiger partial charge is 0.326 e. The van der Waals surface area contributed by atoms with E-state index in [2.05, 4.69) is 4.98 Å². The summed E-state index contributed by atoms with van der Waals surface area (Å²) in [4.78, 5) is 21.0. The number of carboxylic acid groups (broad SMARTS) is 1. The minimum atomic E-state index is -0.804. The van der Waals surface area contributed by atoms with Gasteiger partial charge < -0.3 is 5.11 Å². The van der Waals surface area contributed by atoms with Gasteiger partial charge in [0.1, 0.15) is 17.4 Å². The molecule has 22 heavy (non-hydrogen) atoms. The van der Waals surface area contributed by atoms with Crippen LogP contribution >= 0.6 is 0 Å². The summed E-state index contributed by atoms with van der Waals surface area (Å²) in [6, 6.07) is 1.41. The first-order valence-electron chi connectivity index (χ1n) is 8.19. The van der Waals surface area contributed by atoms with E-state index in [1.807, 2.05) is 24.5 Å². The Morgan fingerprint density at radius 2 is 2.14 bits per heavy atom. The molecule has 0 amide bonds. The summed E-state index contributed by atoms with van der Waals surface area (Å²) >= 11 is 0. The average Bonchev–Trinajstić information content (AvgIpc) is 2.87. The molecule has 1 saturated carbocycles. The van der Waals surface area contributed by atoms with Gasteiger partial charge in [-0.1, -0.05) is 26.2 Å². The van der Waals surface area contributed by atoms with E-state index >= 15 is 0 Å². The van der Waals surface area contributed by atoms with Crippen LogP contribution in [0.3, 0.4) is 0 Å². The van der Waals surface area contributed by atoms with E-state index in [4.69, 9.17) is 4.98 Å². The van der Waals surface area contributed by atoms with Crippen LogP contribution in [-0.2, 0) is 4.79 Å². The van der Waals surface area contributed by atoms with Gasteiger partial charge in [-0.05, 0) is 37.8 Å². The minimum absolute atomic E-state index is 0.358. The number of aromatic nitrogens is 3. The Balaban J connectivity index is 2.17. The molecule has 5 heteroatoms. The Morgan fingerprint density at radius 3 is 2.77 bits per heavy atom. The average molecular weight is 301 g/mol. The van der Waals surface area contributed by atoms with E-state index in [0.717, 1.165) is 29.7 Å². The van der Waals surface area contributed by atoms with Crippen molar-refractivity contribution in [3.8, 4) is 0 Å². The van der Waals surface area contributed by atoms with Crippen molar-refractivity contribution in [2.45, 2.75) is 64.3 Å². The van der Waals surface area contributed by atoms with Crippen LogP contribution < -0.4 is 0 Å². The fourth-order valence-electron chi connectivity index (χ4n) is 3.52. The van der Waals surface area contributed by atoms with Gasteiger partial charge in [-0.3, -0.25) is 4.57 Å². The predicted octanol–water partition coefficient (Wildman–Crippen LogP) is 3.82. The van der Waals surface area contributed by atoms with Gasteiger partial charge in [-0.15, -0.1) is 0 Å². The van der Waals surface area contributed by atoms with Crippen molar-refractivity contribution in [3.05, 3.63) is 23.7 Å². The van der Waals surface area contributed by atoms with Gasteiger partial charge >= 0.3 is 5.97 Å². The molecular formula is C17H23N3O2. The summed E-state index contributed by atoms with van der Waals surface area (Å²) in [5, 5.41) is 9.61. The van der Waals surface area contributed by atoms with Gasteiger partial charge in [0.25, 0.3) is 0 Å². The van der Waals surface area contributed by atoms with Crippen molar-refractivity contribution in [3.63, 3.8) is 0 Å². The van der Waals surface area contributed by atoms with Crippen molar-refractivity contribution in [1.82, 2.24) is 14.5 Å². The van der Waals surface area contributed by atoms with Crippen LogP contribution in [0.2, 0.25) is 0 Å². The highest BCUT2D eigenvalue weighted by Crippen LogP contribution is 2.35. The van der Waals surface area contributed by atoms with Crippen molar-refractivity contribution in [1.29, 1.82) is 0 Å². The van der Waals surface area contributed by atoms with Crippen molar-refractivity contribution in [2.24, 2.45) is 0 Å². The highest BCUT2D eigenvalue weighted by Gasteiger charge is 2.29. The molecule has 1 fully saturated rings. The zero-order valence-electron chi connectivity index (χ0n) is 13.2. The molecule has 0 radical (unpaired) electrons. The first kappa shape index (κ1) is 15.0. The molecule has 1 atom stereocenters. The Hall–Kier alpha value is -1.91. The lowest BCUT2D eigenvalue weighted by atomic mass is 9.88. The summed E-state index contributed by atoms with van der Waals surface area (Å²) in [5.41, 5.74) is 2.58. The van der Waals surface area contributed by atoms with Crippen molar-refractivity contribution < 1.29 is 9.90 Å². The van der Waals surface area contributed by atoms with Gasteiger partial charge in [0, 0.05) is 12.1 Å². The minimum Gasteiger partial charge on any atom is -0.480 e. The molecule has 1 N–H and O–H groups in total. The Bertz CT molecular complexity index is 687. The zero-order valence-corrected chi connectivity index (χ0v) is 13.2. The Labute approximate surface area is 130 Å². The van der Waals surface area contributed by atoms with Crippen LogP contribution in [0.15, 0.2) is 12.3 Å². The van der Waals surface area contributed by atoms with Gasteiger partial charge in [0.15, 0.2) is 5.65 Å². The molecule has 0 bridgehead atoms. The fourth-order valence-corrected chi connectivity index (χ4v) is 3.52. The molecule has 0 aromatic carbocycles. The molecule has 0 saturated heterocycles. The van der Waals surface area contributed by atoms with E-state index < -0.39 is 12.0 Å². The first-order valence-corrected chi connectivity index (χ1v) is 8.19. The maximum absolute atomic E-state index is 11.7. The molecule has 1 aliphatic carbocycles. The van der Waals surface area contributed by atoms with E-state index in [-0.39, 0.29) is 0 Å². The molecular weight excluding hydrogens is 278 g/mol. The van der Waals surface area contributed by atoms with Gasteiger partial charge in [-0.2, -0.15) is 0 Å². The van der Waals surface area contributed by atoms with Crippen LogP contribution in [-0.4, -0.2) is 25.6 Å². The van der Waals surface area contributed by atoms with Gasteiger partial charge in [0.2, 0.25) is 0 Å². The topological polar surface area (TPSA) is 68.0 Å². The number of imidazole rings is 1.